The number of ether oxygens (including phenoxy) is 2. The SMILES string of the molecule is C=CCOC(C#CCCCCC)c1ccc(OC)cc1. The van der Waals surface area contributed by atoms with Crippen LogP contribution < -0.4 is 4.74 Å². The van der Waals surface area contributed by atoms with Gasteiger partial charge in [0, 0.05) is 6.42 Å². The zero-order chi connectivity index (χ0) is 14.6. The summed E-state index contributed by atoms with van der Waals surface area (Å²) in [4.78, 5) is 0. The summed E-state index contributed by atoms with van der Waals surface area (Å²) in [7, 11) is 1.66. The van der Waals surface area contributed by atoms with Crippen molar-refractivity contribution in [3.63, 3.8) is 0 Å². The maximum absolute atomic E-state index is 5.72. The molecule has 1 aromatic carbocycles. The average Bonchev–Trinajstić information content (AvgIpc) is 2.50. The maximum atomic E-state index is 5.72. The molecule has 20 heavy (non-hydrogen) atoms. The smallest absolute Gasteiger partial charge is 0.143 e. The molecule has 0 aliphatic carbocycles. The quantitative estimate of drug-likeness (QED) is 0.393. The Morgan fingerprint density at radius 3 is 2.60 bits per heavy atom. The van der Waals surface area contributed by atoms with E-state index >= 15 is 0 Å². The molecule has 0 radical (unpaired) electrons. The zero-order valence-corrected chi connectivity index (χ0v) is 12.5. The lowest BCUT2D eigenvalue weighted by Crippen LogP contribution is -2.02. The number of rotatable bonds is 8. The first-order chi connectivity index (χ1) is 9.81. The molecule has 0 N–H and O–H groups in total. The van der Waals surface area contributed by atoms with Gasteiger partial charge in [-0.05, 0) is 24.1 Å². The van der Waals surface area contributed by atoms with E-state index in [1.54, 1.807) is 13.2 Å². The molecule has 0 heterocycles. The Balaban J connectivity index is 2.68. The van der Waals surface area contributed by atoms with E-state index in [4.69, 9.17) is 9.47 Å². The summed E-state index contributed by atoms with van der Waals surface area (Å²) in [6.45, 7) is 6.38. The molecule has 1 unspecified atom stereocenters. The molecule has 0 aromatic heterocycles. The minimum Gasteiger partial charge on any atom is -0.497 e. The number of unbranched alkanes of at least 4 members (excludes halogenated alkanes) is 3. The van der Waals surface area contributed by atoms with E-state index in [1.807, 2.05) is 24.3 Å². The number of benzene rings is 1. The molecule has 108 valence electrons. The van der Waals surface area contributed by atoms with Gasteiger partial charge in [-0.15, -0.1) is 12.5 Å². The van der Waals surface area contributed by atoms with E-state index in [2.05, 4.69) is 25.3 Å². The summed E-state index contributed by atoms with van der Waals surface area (Å²) in [6.07, 6.45) is 6.08. The highest BCUT2D eigenvalue weighted by Crippen LogP contribution is 2.20. The molecule has 1 rings (SSSR count). The monoisotopic (exact) mass is 272 g/mol. The fraction of sp³-hybridized carbons (Fsp3) is 0.444. The van der Waals surface area contributed by atoms with Crippen molar-refractivity contribution in [3.8, 4) is 17.6 Å². The summed E-state index contributed by atoms with van der Waals surface area (Å²) in [5.74, 6) is 7.26. The highest BCUT2D eigenvalue weighted by Gasteiger charge is 2.08. The predicted molar refractivity (Wildman–Crippen MR) is 83.8 cm³/mol. The number of hydrogen-bond donors (Lipinski definition) is 0. The first-order valence-electron chi connectivity index (χ1n) is 7.16. The first-order valence-corrected chi connectivity index (χ1v) is 7.16. The normalized spacial score (nSPS) is 11.3. The van der Waals surface area contributed by atoms with Crippen molar-refractivity contribution >= 4 is 0 Å². The highest BCUT2D eigenvalue weighted by molar-refractivity contribution is 5.32. The van der Waals surface area contributed by atoms with Crippen LogP contribution in [0.2, 0.25) is 0 Å². The third-order valence-electron chi connectivity index (χ3n) is 2.94. The van der Waals surface area contributed by atoms with Crippen LogP contribution in [-0.2, 0) is 4.74 Å². The fourth-order valence-corrected chi connectivity index (χ4v) is 1.79. The minimum absolute atomic E-state index is 0.194. The van der Waals surface area contributed by atoms with Crippen LogP contribution in [0.4, 0.5) is 0 Å². The van der Waals surface area contributed by atoms with E-state index in [0.717, 1.165) is 24.2 Å². The van der Waals surface area contributed by atoms with Gasteiger partial charge in [0.05, 0.1) is 13.7 Å². The topological polar surface area (TPSA) is 18.5 Å². The van der Waals surface area contributed by atoms with Crippen LogP contribution in [-0.4, -0.2) is 13.7 Å². The van der Waals surface area contributed by atoms with Crippen LogP contribution in [0.25, 0.3) is 0 Å². The molecule has 0 bridgehead atoms. The lowest BCUT2D eigenvalue weighted by molar-refractivity contribution is 0.117. The van der Waals surface area contributed by atoms with E-state index in [0.29, 0.717) is 6.61 Å². The van der Waals surface area contributed by atoms with Crippen molar-refractivity contribution < 1.29 is 9.47 Å². The van der Waals surface area contributed by atoms with E-state index in [1.165, 1.54) is 12.8 Å². The van der Waals surface area contributed by atoms with Crippen molar-refractivity contribution in [2.45, 2.75) is 38.7 Å². The maximum Gasteiger partial charge on any atom is 0.143 e. The standard InChI is InChI=1S/C18H24O2/c1-4-6-7-8-9-10-18(20-15-5-2)16-11-13-17(19-3)14-12-16/h5,11-14,18H,2,4,6-8,15H2,1,3H3. The largest absolute Gasteiger partial charge is 0.497 e. The van der Waals surface area contributed by atoms with Gasteiger partial charge in [0.25, 0.3) is 0 Å². The van der Waals surface area contributed by atoms with Crippen LogP contribution in [0.5, 0.6) is 5.75 Å². The van der Waals surface area contributed by atoms with Crippen LogP contribution in [0.3, 0.4) is 0 Å². The lowest BCUT2D eigenvalue weighted by Gasteiger charge is -2.12. The van der Waals surface area contributed by atoms with Crippen LogP contribution in [0, 0.1) is 11.8 Å². The molecule has 0 fully saturated rings. The van der Waals surface area contributed by atoms with Crippen LogP contribution >= 0.6 is 0 Å². The molecule has 0 aliphatic rings. The highest BCUT2D eigenvalue weighted by atomic mass is 16.5. The van der Waals surface area contributed by atoms with Gasteiger partial charge in [-0.1, -0.05) is 43.9 Å². The molecule has 2 heteroatoms. The second-order valence-electron chi connectivity index (χ2n) is 4.55. The second kappa shape index (κ2) is 10.1. The molecule has 0 saturated heterocycles. The lowest BCUT2D eigenvalue weighted by atomic mass is 10.1. The summed E-state index contributed by atoms with van der Waals surface area (Å²) in [6, 6.07) is 7.84. The third-order valence-corrected chi connectivity index (χ3v) is 2.94. The van der Waals surface area contributed by atoms with Gasteiger partial charge in [0.2, 0.25) is 0 Å². The molecule has 2 nitrogen and oxygen atoms in total. The van der Waals surface area contributed by atoms with E-state index < -0.39 is 0 Å². The summed E-state index contributed by atoms with van der Waals surface area (Å²) in [5.41, 5.74) is 1.05. The van der Waals surface area contributed by atoms with Crippen molar-refractivity contribution in [1.82, 2.24) is 0 Å². The van der Waals surface area contributed by atoms with Gasteiger partial charge in [-0.3, -0.25) is 0 Å². The van der Waals surface area contributed by atoms with Gasteiger partial charge in [-0.25, -0.2) is 0 Å². The first kappa shape index (κ1) is 16.3. The Morgan fingerprint density at radius 1 is 1.25 bits per heavy atom. The Bertz CT molecular complexity index is 437. The minimum atomic E-state index is -0.194. The van der Waals surface area contributed by atoms with Crippen LogP contribution in [0.1, 0.15) is 44.3 Å². The summed E-state index contributed by atoms with van der Waals surface area (Å²) >= 11 is 0. The summed E-state index contributed by atoms with van der Waals surface area (Å²) in [5, 5.41) is 0. The van der Waals surface area contributed by atoms with E-state index in [-0.39, 0.29) is 6.10 Å². The van der Waals surface area contributed by atoms with Crippen molar-refractivity contribution in [2.24, 2.45) is 0 Å². The molecule has 0 amide bonds. The zero-order valence-electron chi connectivity index (χ0n) is 12.5. The summed E-state index contributed by atoms with van der Waals surface area (Å²) < 4.78 is 10.9. The predicted octanol–water partition coefficient (Wildman–Crippen LogP) is 4.52. The Morgan fingerprint density at radius 2 is 2.00 bits per heavy atom. The molecule has 0 aliphatic heterocycles. The van der Waals surface area contributed by atoms with Gasteiger partial charge >= 0.3 is 0 Å². The molecular formula is C18H24O2. The molecule has 1 atom stereocenters. The average molecular weight is 272 g/mol. The van der Waals surface area contributed by atoms with Gasteiger partial charge < -0.3 is 9.47 Å². The number of methoxy groups -OCH3 is 1. The fourth-order valence-electron chi connectivity index (χ4n) is 1.79. The Hall–Kier alpha value is -1.72. The van der Waals surface area contributed by atoms with Crippen molar-refractivity contribution in [2.75, 3.05) is 13.7 Å². The Labute approximate surface area is 122 Å². The number of hydrogen-bond acceptors (Lipinski definition) is 2. The van der Waals surface area contributed by atoms with Crippen molar-refractivity contribution in [3.05, 3.63) is 42.5 Å². The van der Waals surface area contributed by atoms with Gasteiger partial charge in [0.15, 0.2) is 0 Å². The van der Waals surface area contributed by atoms with Gasteiger partial charge in [0.1, 0.15) is 11.9 Å². The van der Waals surface area contributed by atoms with Crippen LogP contribution in [0.15, 0.2) is 36.9 Å². The van der Waals surface area contributed by atoms with Gasteiger partial charge in [-0.2, -0.15) is 0 Å². The molecular weight excluding hydrogens is 248 g/mol. The second-order valence-corrected chi connectivity index (χ2v) is 4.55. The third kappa shape index (κ3) is 5.95. The molecule has 1 aromatic rings. The molecule has 0 spiro atoms. The van der Waals surface area contributed by atoms with Crippen molar-refractivity contribution in [1.29, 1.82) is 0 Å². The molecule has 0 saturated carbocycles. The van der Waals surface area contributed by atoms with E-state index in [9.17, 15) is 0 Å². The Kier molecular flexibility index (Phi) is 8.26.